The molecule has 4 aromatic rings. The zero-order chi connectivity index (χ0) is 16.4. The number of fused-ring (bicyclic) bond motifs is 1. The van der Waals surface area contributed by atoms with Gasteiger partial charge in [-0.2, -0.15) is 0 Å². The molecule has 0 aliphatic heterocycles. The summed E-state index contributed by atoms with van der Waals surface area (Å²) in [6.07, 6.45) is 1.04. The predicted octanol–water partition coefficient (Wildman–Crippen LogP) is 5.53. The van der Waals surface area contributed by atoms with E-state index in [9.17, 15) is 0 Å². The van der Waals surface area contributed by atoms with Crippen molar-refractivity contribution in [1.29, 1.82) is 0 Å². The lowest BCUT2D eigenvalue weighted by Gasteiger charge is -2.11. The Balaban J connectivity index is 1.97. The minimum atomic E-state index is 0.922. The summed E-state index contributed by atoms with van der Waals surface area (Å²) in [4.78, 5) is 9.82. The lowest BCUT2D eigenvalue weighted by atomic mass is 10.0. The second-order valence-electron chi connectivity index (χ2n) is 5.83. The van der Waals surface area contributed by atoms with Gasteiger partial charge in [-0.05, 0) is 24.1 Å². The zero-order valence-electron chi connectivity index (χ0n) is 13.6. The molecule has 0 amide bonds. The van der Waals surface area contributed by atoms with Gasteiger partial charge in [0.15, 0.2) is 0 Å². The van der Waals surface area contributed by atoms with Crippen LogP contribution in [0, 0.1) is 0 Å². The molecule has 0 saturated carbocycles. The summed E-state index contributed by atoms with van der Waals surface area (Å²) in [5, 5.41) is 0. The summed E-state index contributed by atoms with van der Waals surface area (Å²) in [7, 11) is 0. The summed E-state index contributed by atoms with van der Waals surface area (Å²) in [5.74, 6) is 0. The van der Waals surface area contributed by atoms with E-state index in [0.717, 1.165) is 40.0 Å². The first-order chi connectivity index (χ1) is 11.8. The summed E-state index contributed by atoms with van der Waals surface area (Å²) < 4.78 is 0. The van der Waals surface area contributed by atoms with Crippen LogP contribution in [0.1, 0.15) is 12.5 Å². The number of hydrogen-bond acceptors (Lipinski definition) is 2. The number of nitrogens with zero attached hydrogens (tertiary/aromatic N) is 2. The maximum atomic E-state index is 4.91. The molecule has 0 radical (unpaired) electrons. The molecule has 4 rings (SSSR count). The molecule has 2 nitrogen and oxygen atoms in total. The molecule has 0 bridgehead atoms. The van der Waals surface area contributed by atoms with Gasteiger partial charge in [0, 0.05) is 11.1 Å². The van der Waals surface area contributed by atoms with E-state index in [1.807, 2.05) is 42.5 Å². The summed E-state index contributed by atoms with van der Waals surface area (Å²) >= 11 is 0. The van der Waals surface area contributed by atoms with Gasteiger partial charge < -0.3 is 0 Å². The average Bonchev–Trinajstić information content (AvgIpc) is 2.68. The molecule has 0 saturated heterocycles. The largest absolute Gasteiger partial charge is 0.244 e. The van der Waals surface area contributed by atoms with Crippen LogP contribution in [0.3, 0.4) is 0 Å². The van der Waals surface area contributed by atoms with Gasteiger partial charge in [0.05, 0.1) is 22.4 Å². The fraction of sp³-hybridized carbons (Fsp3) is 0.0909. The molecule has 0 aliphatic carbocycles. The van der Waals surface area contributed by atoms with Gasteiger partial charge in [-0.3, -0.25) is 0 Å². The van der Waals surface area contributed by atoms with Crippen molar-refractivity contribution >= 4 is 11.0 Å². The normalized spacial score (nSPS) is 10.9. The molecule has 0 unspecified atom stereocenters. The number of benzene rings is 3. The zero-order valence-corrected chi connectivity index (χ0v) is 13.6. The Morgan fingerprint density at radius 2 is 1.08 bits per heavy atom. The van der Waals surface area contributed by atoms with Crippen molar-refractivity contribution in [2.45, 2.75) is 13.3 Å². The molecule has 0 spiro atoms. The fourth-order valence-corrected chi connectivity index (χ4v) is 2.90. The van der Waals surface area contributed by atoms with E-state index in [2.05, 4.69) is 43.3 Å². The minimum Gasteiger partial charge on any atom is -0.244 e. The van der Waals surface area contributed by atoms with Crippen LogP contribution in [0.15, 0.2) is 78.9 Å². The van der Waals surface area contributed by atoms with Gasteiger partial charge in [0.2, 0.25) is 0 Å². The van der Waals surface area contributed by atoms with Gasteiger partial charge in [0.1, 0.15) is 0 Å². The summed E-state index contributed by atoms with van der Waals surface area (Å²) in [5.41, 5.74) is 7.22. The Labute approximate surface area is 141 Å². The molecule has 0 aliphatic rings. The molecule has 3 aromatic carbocycles. The molecule has 2 heteroatoms. The third-order valence-electron chi connectivity index (χ3n) is 4.25. The Bertz CT molecular complexity index is 974. The molecule has 0 fully saturated rings. The van der Waals surface area contributed by atoms with E-state index in [1.54, 1.807) is 0 Å². The molecular weight excluding hydrogens is 292 g/mol. The summed E-state index contributed by atoms with van der Waals surface area (Å²) in [6.45, 7) is 2.17. The molecule has 1 heterocycles. The highest BCUT2D eigenvalue weighted by atomic mass is 14.8. The van der Waals surface area contributed by atoms with Crippen LogP contribution in [-0.4, -0.2) is 9.97 Å². The highest BCUT2D eigenvalue weighted by Gasteiger charge is 2.12. The third-order valence-corrected chi connectivity index (χ3v) is 4.25. The predicted molar refractivity (Wildman–Crippen MR) is 99.8 cm³/mol. The standard InChI is InChI=1S/C22H18N2/c1-2-16-12-14-18(15-13-16)22-21(17-8-4-3-5-9-17)23-19-10-6-7-11-20(19)24-22/h3-15H,2H2,1H3. The van der Waals surface area contributed by atoms with E-state index in [-0.39, 0.29) is 0 Å². The Hall–Kier alpha value is -3.00. The van der Waals surface area contributed by atoms with E-state index in [1.165, 1.54) is 5.56 Å². The van der Waals surface area contributed by atoms with Crippen molar-refractivity contribution in [2.24, 2.45) is 0 Å². The second kappa shape index (κ2) is 6.25. The van der Waals surface area contributed by atoms with Crippen LogP contribution in [0.5, 0.6) is 0 Å². The van der Waals surface area contributed by atoms with E-state index in [0.29, 0.717) is 0 Å². The van der Waals surface area contributed by atoms with Crippen molar-refractivity contribution < 1.29 is 0 Å². The number of aryl methyl sites for hydroxylation is 1. The molecule has 1 aromatic heterocycles. The number of hydrogen-bond donors (Lipinski definition) is 0. The van der Waals surface area contributed by atoms with E-state index in [4.69, 9.17) is 9.97 Å². The third kappa shape index (κ3) is 2.67. The van der Waals surface area contributed by atoms with Crippen LogP contribution in [0.2, 0.25) is 0 Å². The minimum absolute atomic E-state index is 0.922. The monoisotopic (exact) mass is 310 g/mol. The summed E-state index contributed by atoms with van der Waals surface area (Å²) in [6, 6.07) is 26.9. The molecular formula is C22H18N2. The van der Waals surface area contributed by atoms with Crippen LogP contribution in [0.4, 0.5) is 0 Å². The topological polar surface area (TPSA) is 25.8 Å². The lowest BCUT2D eigenvalue weighted by molar-refractivity contribution is 1.14. The fourth-order valence-electron chi connectivity index (χ4n) is 2.90. The molecule has 0 atom stereocenters. The maximum Gasteiger partial charge on any atom is 0.0973 e. The second-order valence-corrected chi connectivity index (χ2v) is 5.83. The van der Waals surface area contributed by atoms with Crippen molar-refractivity contribution in [3.05, 3.63) is 84.4 Å². The van der Waals surface area contributed by atoms with Crippen molar-refractivity contribution in [2.75, 3.05) is 0 Å². The van der Waals surface area contributed by atoms with Gasteiger partial charge in [0.25, 0.3) is 0 Å². The maximum absolute atomic E-state index is 4.91. The number of para-hydroxylation sites is 2. The van der Waals surface area contributed by atoms with Crippen LogP contribution in [0.25, 0.3) is 33.5 Å². The first-order valence-electron chi connectivity index (χ1n) is 8.26. The van der Waals surface area contributed by atoms with E-state index >= 15 is 0 Å². The van der Waals surface area contributed by atoms with Gasteiger partial charge in [-0.15, -0.1) is 0 Å². The highest BCUT2D eigenvalue weighted by molar-refractivity contribution is 5.86. The van der Waals surface area contributed by atoms with Gasteiger partial charge >= 0.3 is 0 Å². The van der Waals surface area contributed by atoms with Crippen molar-refractivity contribution in [1.82, 2.24) is 9.97 Å². The Kier molecular flexibility index (Phi) is 3.80. The first kappa shape index (κ1) is 14.6. The average molecular weight is 310 g/mol. The molecule has 0 N–H and O–H groups in total. The van der Waals surface area contributed by atoms with Crippen LogP contribution in [-0.2, 0) is 6.42 Å². The highest BCUT2D eigenvalue weighted by Crippen LogP contribution is 2.31. The Morgan fingerprint density at radius 1 is 0.583 bits per heavy atom. The number of aromatic nitrogens is 2. The lowest BCUT2D eigenvalue weighted by Crippen LogP contribution is -1.95. The van der Waals surface area contributed by atoms with Crippen LogP contribution >= 0.6 is 0 Å². The molecule has 116 valence electrons. The van der Waals surface area contributed by atoms with Gasteiger partial charge in [-0.25, -0.2) is 9.97 Å². The van der Waals surface area contributed by atoms with Gasteiger partial charge in [-0.1, -0.05) is 73.7 Å². The quantitative estimate of drug-likeness (QED) is 0.497. The number of rotatable bonds is 3. The van der Waals surface area contributed by atoms with E-state index < -0.39 is 0 Å². The SMILES string of the molecule is CCc1ccc(-c2nc3ccccc3nc2-c2ccccc2)cc1. The first-order valence-corrected chi connectivity index (χ1v) is 8.26. The smallest absolute Gasteiger partial charge is 0.0973 e. The molecule has 24 heavy (non-hydrogen) atoms. The van der Waals surface area contributed by atoms with Crippen LogP contribution < -0.4 is 0 Å². The Morgan fingerprint density at radius 3 is 1.62 bits per heavy atom. The van der Waals surface area contributed by atoms with Crippen molar-refractivity contribution in [3.63, 3.8) is 0 Å². The van der Waals surface area contributed by atoms with Crippen molar-refractivity contribution in [3.8, 4) is 22.5 Å².